The molecule has 0 fully saturated rings. The summed E-state index contributed by atoms with van der Waals surface area (Å²) in [4.78, 5) is 0.107. The van der Waals surface area contributed by atoms with Crippen molar-refractivity contribution in [2.24, 2.45) is 0 Å². The molecule has 0 bridgehead atoms. The van der Waals surface area contributed by atoms with Crippen LogP contribution in [0.3, 0.4) is 0 Å². The van der Waals surface area contributed by atoms with E-state index >= 15 is 0 Å². The van der Waals surface area contributed by atoms with E-state index in [9.17, 15) is 13.5 Å². The molecule has 7 heteroatoms. The minimum Gasteiger partial charge on any atom is -0.507 e. The molecule has 0 unspecified atom stereocenters. The van der Waals surface area contributed by atoms with Crippen LogP contribution in [0.15, 0.2) is 51.8 Å². The maximum atomic E-state index is 12.2. The molecule has 0 aliphatic carbocycles. The Hall–Kier alpha value is -2.64. The van der Waals surface area contributed by atoms with E-state index in [1.54, 1.807) is 30.3 Å². The molecule has 2 aromatic carbocycles. The number of hydrogen-bond donors (Lipinski definition) is 2. The van der Waals surface area contributed by atoms with Gasteiger partial charge in [-0.25, -0.2) is 0 Å². The Kier molecular flexibility index (Phi) is 5.34. The van der Waals surface area contributed by atoms with Gasteiger partial charge in [-0.2, -0.15) is 8.42 Å². The van der Waals surface area contributed by atoms with Crippen LogP contribution in [0.2, 0.25) is 0 Å². The lowest BCUT2D eigenvalue weighted by Gasteiger charge is -2.08. The first kappa shape index (κ1) is 19.1. The van der Waals surface area contributed by atoms with Gasteiger partial charge in [-0.3, -0.25) is 9.59 Å². The van der Waals surface area contributed by atoms with Crippen molar-refractivity contribution in [2.75, 3.05) is 6.61 Å². The van der Waals surface area contributed by atoms with Crippen molar-refractivity contribution in [1.29, 1.82) is 5.41 Å². The summed E-state index contributed by atoms with van der Waals surface area (Å²) < 4.78 is 35.0. The van der Waals surface area contributed by atoms with Gasteiger partial charge in [0.05, 0.1) is 16.9 Å². The molecule has 27 heavy (non-hydrogen) atoms. The number of phenolic OH excluding ortho intramolecular Hbond substituents is 1. The maximum absolute atomic E-state index is 12.2. The molecule has 6 nitrogen and oxygen atoms in total. The first-order chi connectivity index (χ1) is 12.8. The molecule has 0 saturated heterocycles. The van der Waals surface area contributed by atoms with Gasteiger partial charge in [-0.05, 0) is 55.7 Å². The fourth-order valence-electron chi connectivity index (χ4n) is 2.76. The largest absolute Gasteiger partial charge is 0.507 e. The molecule has 0 saturated carbocycles. The van der Waals surface area contributed by atoms with Crippen LogP contribution < -0.4 is 5.55 Å². The molecule has 3 aromatic rings. The quantitative estimate of drug-likeness (QED) is 0.631. The zero-order chi connectivity index (χ0) is 19.6. The van der Waals surface area contributed by atoms with Crippen LogP contribution in [0.4, 0.5) is 0 Å². The van der Waals surface area contributed by atoms with Crippen LogP contribution in [-0.4, -0.2) is 20.1 Å². The smallest absolute Gasteiger partial charge is 0.296 e. The zero-order valence-corrected chi connectivity index (χ0v) is 16.0. The second kappa shape index (κ2) is 7.54. The molecule has 1 heterocycles. The summed E-state index contributed by atoms with van der Waals surface area (Å²) in [6.07, 6.45) is 0.900. The van der Waals surface area contributed by atoms with Gasteiger partial charge in [0.2, 0.25) is 5.55 Å². The second-order valence-corrected chi connectivity index (χ2v) is 7.94. The van der Waals surface area contributed by atoms with Gasteiger partial charge < -0.3 is 9.52 Å². The number of fused-ring (bicyclic) bond motifs is 1. The number of nitrogens with one attached hydrogen (secondary N) is 1. The van der Waals surface area contributed by atoms with Crippen LogP contribution in [0.25, 0.3) is 11.0 Å². The molecule has 2 N–H and O–H groups in total. The highest BCUT2D eigenvalue weighted by Gasteiger charge is 2.15. The summed E-state index contributed by atoms with van der Waals surface area (Å²) in [5.41, 5.74) is 2.77. The van der Waals surface area contributed by atoms with Crippen molar-refractivity contribution >= 4 is 21.1 Å². The fourth-order valence-corrected chi connectivity index (χ4v) is 3.67. The molecule has 0 amide bonds. The summed E-state index contributed by atoms with van der Waals surface area (Å²) in [6.45, 7) is 3.72. The van der Waals surface area contributed by atoms with Crippen LogP contribution in [-0.2, 0) is 27.1 Å². The molecule has 0 radical (unpaired) electrons. The number of aromatic hydroxyl groups is 1. The van der Waals surface area contributed by atoms with E-state index in [-0.39, 0.29) is 29.2 Å². The minimum absolute atomic E-state index is 0.0299. The van der Waals surface area contributed by atoms with E-state index in [0.717, 1.165) is 5.56 Å². The average Bonchev–Trinajstić information content (AvgIpc) is 2.61. The summed E-state index contributed by atoms with van der Waals surface area (Å²) in [7, 11) is -3.83. The predicted molar refractivity (Wildman–Crippen MR) is 101 cm³/mol. The number of benzene rings is 2. The molecular formula is C20H21NO5S. The average molecular weight is 387 g/mol. The third-order valence-electron chi connectivity index (χ3n) is 4.32. The van der Waals surface area contributed by atoms with Crippen LogP contribution >= 0.6 is 0 Å². The first-order valence-corrected chi connectivity index (χ1v) is 10.0. The van der Waals surface area contributed by atoms with Gasteiger partial charge in [-0.1, -0.05) is 24.6 Å². The van der Waals surface area contributed by atoms with Gasteiger partial charge in [0.25, 0.3) is 10.1 Å². The van der Waals surface area contributed by atoms with Gasteiger partial charge >= 0.3 is 0 Å². The summed E-state index contributed by atoms with van der Waals surface area (Å²) in [6, 6.07) is 11.4. The van der Waals surface area contributed by atoms with E-state index in [4.69, 9.17) is 14.0 Å². The number of phenols is 1. The SMILES string of the molecule is CCc1cc2c(O)cc(CCOS(=O)(=O)c3ccc(C)cc3)cc2oc1=N. The second-order valence-electron chi connectivity index (χ2n) is 6.32. The lowest BCUT2D eigenvalue weighted by molar-refractivity contribution is 0.322. The van der Waals surface area contributed by atoms with Crippen molar-refractivity contribution in [3.05, 3.63) is 64.7 Å². The molecule has 1 aromatic heterocycles. The van der Waals surface area contributed by atoms with E-state index in [0.29, 0.717) is 28.5 Å². The van der Waals surface area contributed by atoms with Crippen LogP contribution in [0.5, 0.6) is 5.75 Å². The van der Waals surface area contributed by atoms with E-state index in [1.807, 2.05) is 13.8 Å². The Morgan fingerprint density at radius 1 is 1.15 bits per heavy atom. The molecule has 0 aliphatic rings. The highest BCUT2D eigenvalue weighted by Crippen LogP contribution is 2.27. The Morgan fingerprint density at radius 2 is 1.85 bits per heavy atom. The molecule has 0 aliphatic heterocycles. The molecule has 0 spiro atoms. The first-order valence-electron chi connectivity index (χ1n) is 8.59. The zero-order valence-electron chi connectivity index (χ0n) is 15.2. The lowest BCUT2D eigenvalue weighted by atomic mass is 10.1. The maximum Gasteiger partial charge on any atom is 0.296 e. The number of aryl methyl sites for hydroxylation is 2. The van der Waals surface area contributed by atoms with Gasteiger partial charge in [-0.15, -0.1) is 0 Å². The predicted octanol–water partition coefficient (Wildman–Crippen LogP) is 3.44. The third-order valence-corrected chi connectivity index (χ3v) is 5.65. The highest BCUT2D eigenvalue weighted by molar-refractivity contribution is 7.86. The Bertz CT molecular complexity index is 1130. The van der Waals surface area contributed by atoms with Crippen molar-refractivity contribution in [1.82, 2.24) is 0 Å². The normalized spacial score (nSPS) is 11.8. The summed E-state index contributed by atoms with van der Waals surface area (Å²) in [5, 5.41) is 18.6. The molecular weight excluding hydrogens is 366 g/mol. The molecule has 142 valence electrons. The summed E-state index contributed by atoms with van der Waals surface area (Å²) >= 11 is 0. The number of hydrogen-bond acceptors (Lipinski definition) is 6. The third kappa shape index (κ3) is 4.20. The van der Waals surface area contributed by atoms with Crippen molar-refractivity contribution < 1.29 is 22.1 Å². The van der Waals surface area contributed by atoms with Crippen molar-refractivity contribution in [3.8, 4) is 5.75 Å². The Balaban J connectivity index is 1.77. The topological polar surface area (TPSA) is 101 Å². The van der Waals surface area contributed by atoms with Gasteiger partial charge in [0.1, 0.15) is 11.3 Å². The van der Waals surface area contributed by atoms with E-state index in [2.05, 4.69) is 0 Å². The standard InChI is InChI=1S/C20H21NO5S/c1-3-15-12-17-18(22)10-14(11-19(17)26-20(15)21)8-9-25-27(23,24)16-6-4-13(2)5-7-16/h4-7,10-12,21-22H,3,8-9H2,1-2H3. The molecule has 0 atom stereocenters. The van der Waals surface area contributed by atoms with Crippen molar-refractivity contribution in [2.45, 2.75) is 31.6 Å². The highest BCUT2D eigenvalue weighted by atomic mass is 32.2. The van der Waals surface area contributed by atoms with Gasteiger partial charge in [0.15, 0.2) is 0 Å². The summed E-state index contributed by atoms with van der Waals surface area (Å²) in [5.74, 6) is 0.0299. The minimum atomic E-state index is -3.83. The van der Waals surface area contributed by atoms with Crippen molar-refractivity contribution in [3.63, 3.8) is 0 Å². The fraction of sp³-hybridized carbons (Fsp3) is 0.250. The molecule has 3 rings (SSSR count). The Labute approximate surface area is 157 Å². The Morgan fingerprint density at radius 3 is 2.52 bits per heavy atom. The van der Waals surface area contributed by atoms with Crippen LogP contribution in [0.1, 0.15) is 23.6 Å². The number of rotatable bonds is 6. The van der Waals surface area contributed by atoms with Gasteiger partial charge in [0, 0.05) is 5.56 Å². The van der Waals surface area contributed by atoms with E-state index < -0.39 is 10.1 Å². The van der Waals surface area contributed by atoms with E-state index in [1.165, 1.54) is 12.1 Å². The lowest BCUT2D eigenvalue weighted by Crippen LogP contribution is -2.09. The monoisotopic (exact) mass is 387 g/mol. The van der Waals surface area contributed by atoms with Crippen LogP contribution in [0, 0.1) is 12.3 Å².